The maximum atomic E-state index is 9.61. The van der Waals surface area contributed by atoms with E-state index in [4.69, 9.17) is 14.5 Å². The van der Waals surface area contributed by atoms with Crippen molar-refractivity contribution in [3.63, 3.8) is 0 Å². The second kappa shape index (κ2) is 9.87. The number of hydrogen-bond donors (Lipinski definition) is 2. The molecule has 1 atom stereocenters. The van der Waals surface area contributed by atoms with Crippen LogP contribution in [0.3, 0.4) is 0 Å². The first kappa shape index (κ1) is 21.4. The van der Waals surface area contributed by atoms with E-state index in [1.54, 1.807) is 0 Å². The zero-order valence-electron chi connectivity index (χ0n) is 15.6. The van der Waals surface area contributed by atoms with E-state index >= 15 is 0 Å². The number of aryl methyl sites for hydroxylation is 1. The van der Waals surface area contributed by atoms with E-state index in [1.807, 2.05) is 0 Å². The molecule has 26 heavy (non-hydrogen) atoms. The minimum absolute atomic E-state index is 0. The Morgan fingerprint density at radius 3 is 2.77 bits per heavy atom. The molecule has 1 unspecified atom stereocenters. The van der Waals surface area contributed by atoms with Crippen LogP contribution in [-0.4, -0.2) is 68.6 Å². The highest BCUT2D eigenvalue weighted by molar-refractivity contribution is 14.0. The van der Waals surface area contributed by atoms with E-state index in [0.717, 1.165) is 25.6 Å². The summed E-state index contributed by atoms with van der Waals surface area (Å²) in [5.41, 5.74) is 2.28. The molecule has 0 saturated carbocycles. The lowest BCUT2D eigenvalue weighted by Gasteiger charge is -2.40. The fourth-order valence-electron chi connectivity index (χ4n) is 3.27. The maximum absolute atomic E-state index is 9.61. The van der Waals surface area contributed by atoms with Crippen molar-refractivity contribution in [2.24, 2.45) is 10.4 Å². The summed E-state index contributed by atoms with van der Waals surface area (Å²) in [4.78, 5) is 7.05. The molecule has 2 heterocycles. The number of hydrogen-bond acceptors (Lipinski definition) is 4. The molecule has 2 saturated heterocycles. The Morgan fingerprint density at radius 1 is 1.38 bits per heavy atom. The topological polar surface area (TPSA) is 66.3 Å². The standard InChI is InChI=1S/C19H29N3O3.HI/c1-3-20-18(21-11-19(12-23)13-24-14-19)22-8-9-25-17(10-22)16-7-5-4-6-15(16)2;/h4-7,17,23H,3,8-14H2,1-2H3,(H,20,21);1H. The molecule has 0 bridgehead atoms. The largest absolute Gasteiger partial charge is 0.396 e. The third kappa shape index (κ3) is 4.88. The average molecular weight is 475 g/mol. The number of ether oxygens (including phenoxy) is 2. The first-order valence-corrected chi connectivity index (χ1v) is 9.06. The fraction of sp³-hybridized carbons (Fsp3) is 0.632. The number of morpholine rings is 1. The Bertz CT molecular complexity index is 602. The van der Waals surface area contributed by atoms with Crippen LogP contribution in [0.4, 0.5) is 0 Å². The van der Waals surface area contributed by atoms with Gasteiger partial charge in [-0.2, -0.15) is 0 Å². The van der Waals surface area contributed by atoms with Crippen LogP contribution in [-0.2, 0) is 9.47 Å². The van der Waals surface area contributed by atoms with E-state index < -0.39 is 0 Å². The lowest BCUT2D eigenvalue weighted by Crippen LogP contribution is -2.51. The van der Waals surface area contributed by atoms with E-state index in [0.29, 0.717) is 26.4 Å². The van der Waals surface area contributed by atoms with Crippen molar-refractivity contribution in [3.05, 3.63) is 35.4 Å². The first-order chi connectivity index (χ1) is 12.2. The predicted molar refractivity (Wildman–Crippen MR) is 113 cm³/mol. The Hall–Kier alpha value is -0.900. The van der Waals surface area contributed by atoms with Crippen molar-refractivity contribution in [1.82, 2.24) is 10.2 Å². The summed E-state index contributed by atoms with van der Waals surface area (Å²) in [7, 11) is 0. The third-order valence-electron chi connectivity index (χ3n) is 4.95. The molecule has 6 nitrogen and oxygen atoms in total. The van der Waals surface area contributed by atoms with Crippen LogP contribution in [0.1, 0.15) is 24.2 Å². The maximum Gasteiger partial charge on any atom is 0.194 e. The van der Waals surface area contributed by atoms with Gasteiger partial charge in [-0.05, 0) is 25.0 Å². The lowest BCUT2D eigenvalue weighted by molar-refractivity contribution is -0.130. The van der Waals surface area contributed by atoms with Crippen LogP contribution in [0.2, 0.25) is 0 Å². The molecule has 0 aliphatic carbocycles. The van der Waals surface area contributed by atoms with Gasteiger partial charge in [0.1, 0.15) is 6.10 Å². The van der Waals surface area contributed by atoms with E-state index in [1.165, 1.54) is 11.1 Å². The van der Waals surface area contributed by atoms with Gasteiger partial charge in [-0.3, -0.25) is 4.99 Å². The fourth-order valence-corrected chi connectivity index (χ4v) is 3.27. The van der Waals surface area contributed by atoms with Gasteiger partial charge in [0.2, 0.25) is 0 Å². The van der Waals surface area contributed by atoms with Crippen LogP contribution >= 0.6 is 24.0 Å². The smallest absolute Gasteiger partial charge is 0.194 e. The summed E-state index contributed by atoms with van der Waals surface area (Å²) in [6.45, 7) is 9.15. The summed E-state index contributed by atoms with van der Waals surface area (Å²) < 4.78 is 11.3. The van der Waals surface area contributed by atoms with Crippen molar-refractivity contribution < 1.29 is 14.6 Å². The van der Waals surface area contributed by atoms with Crippen molar-refractivity contribution in [3.8, 4) is 0 Å². The van der Waals surface area contributed by atoms with Gasteiger partial charge in [-0.1, -0.05) is 24.3 Å². The van der Waals surface area contributed by atoms with Gasteiger partial charge < -0.3 is 24.8 Å². The highest BCUT2D eigenvalue weighted by Gasteiger charge is 2.38. The molecule has 0 amide bonds. The van der Waals surface area contributed by atoms with Gasteiger partial charge in [-0.15, -0.1) is 24.0 Å². The molecular weight excluding hydrogens is 445 g/mol. The number of rotatable bonds is 5. The molecule has 0 radical (unpaired) electrons. The molecule has 2 N–H and O–H groups in total. The Balaban J connectivity index is 0.00000243. The second-order valence-corrected chi connectivity index (χ2v) is 6.98. The van der Waals surface area contributed by atoms with E-state index in [2.05, 4.69) is 48.3 Å². The monoisotopic (exact) mass is 475 g/mol. The number of nitrogens with one attached hydrogen (secondary N) is 1. The normalized spacial score (nSPS) is 22.3. The van der Waals surface area contributed by atoms with Crippen molar-refractivity contribution >= 4 is 29.9 Å². The van der Waals surface area contributed by atoms with Gasteiger partial charge in [0.25, 0.3) is 0 Å². The molecular formula is C19H30IN3O3. The Labute approximate surface area is 173 Å². The molecule has 0 spiro atoms. The van der Waals surface area contributed by atoms with Crippen molar-refractivity contribution in [2.75, 3.05) is 52.6 Å². The summed E-state index contributed by atoms with van der Waals surface area (Å²) in [5, 5.41) is 13.0. The van der Waals surface area contributed by atoms with Crippen LogP contribution < -0.4 is 5.32 Å². The number of nitrogens with zero attached hydrogens (tertiary/aromatic N) is 2. The minimum Gasteiger partial charge on any atom is -0.396 e. The molecule has 7 heteroatoms. The lowest BCUT2D eigenvalue weighted by atomic mass is 9.87. The average Bonchev–Trinajstić information content (AvgIpc) is 2.61. The van der Waals surface area contributed by atoms with Crippen LogP contribution in [0, 0.1) is 12.3 Å². The van der Waals surface area contributed by atoms with Gasteiger partial charge in [0.15, 0.2) is 5.96 Å². The minimum atomic E-state index is -0.206. The van der Waals surface area contributed by atoms with Crippen LogP contribution in [0.25, 0.3) is 0 Å². The van der Waals surface area contributed by atoms with Crippen LogP contribution in [0.5, 0.6) is 0 Å². The SMILES string of the molecule is CCNC(=NCC1(CO)COC1)N1CCOC(c2ccccc2C)C1.I. The quantitative estimate of drug-likeness (QED) is 0.388. The molecule has 1 aromatic carbocycles. The van der Waals surface area contributed by atoms with Crippen LogP contribution in [0.15, 0.2) is 29.3 Å². The van der Waals surface area contributed by atoms with Gasteiger partial charge in [0, 0.05) is 13.1 Å². The van der Waals surface area contributed by atoms with Gasteiger partial charge in [0.05, 0.1) is 44.9 Å². The zero-order chi connectivity index (χ0) is 17.7. The number of halogens is 1. The molecule has 2 aliphatic heterocycles. The number of aliphatic imine (C=N–C) groups is 1. The number of aliphatic hydroxyl groups is 1. The number of aliphatic hydroxyl groups excluding tert-OH is 1. The third-order valence-corrected chi connectivity index (χ3v) is 4.95. The zero-order valence-corrected chi connectivity index (χ0v) is 17.9. The summed E-state index contributed by atoms with van der Waals surface area (Å²) >= 11 is 0. The first-order valence-electron chi connectivity index (χ1n) is 9.06. The highest BCUT2D eigenvalue weighted by atomic mass is 127. The molecule has 3 rings (SSSR count). The Kier molecular flexibility index (Phi) is 8.12. The summed E-state index contributed by atoms with van der Waals surface area (Å²) in [6, 6.07) is 8.38. The van der Waals surface area contributed by atoms with Crippen molar-refractivity contribution in [1.29, 1.82) is 0 Å². The summed E-state index contributed by atoms with van der Waals surface area (Å²) in [6.07, 6.45) is 0.0534. The predicted octanol–water partition coefficient (Wildman–Crippen LogP) is 1.96. The molecule has 146 valence electrons. The Morgan fingerprint density at radius 2 is 2.15 bits per heavy atom. The second-order valence-electron chi connectivity index (χ2n) is 6.98. The highest BCUT2D eigenvalue weighted by Crippen LogP contribution is 2.28. The number of benzene rings is 1. The van der Waals surface area contributed by atoms with Gasteiger partial charge in [-0.25, -0.2) is 0 Å². The van der Waals surface area contributed by atoms with E-state index in [-0.39, 0.29) is 42.1 Å². The number of guanidine groups is 1. The molecule has 1 aromatic rings. The van der Waals surface area contributed by atoms with Gasteiger partial charge >= 0.3 is 0 Å². The molecule has 2 aliphatic rings. The molecule has 0 aromatic heterocycles. The molecule has 2 fully saturated rings. The van der Waals surface area contributed by atoms with E-state index in [9.17, 15) is 5.11 Å². The summed E-state index contributed by atoms with van der Waals surface area (Å²) in [5.74, 6) is 0.893. The van der Waals surface area contributed by atoms with Crippen molar-refractivity contribution in [2.45, 2.75) is 20.0 Å².